The Labute approximate surface area is 189 Å². The van der Waals surface area contributed by atoms with Crippen LogP contribution in [0.4, 0.5) is 0 Å². The lowest BCUT2D eigenvalue weighted by Crippen LogP contribution is -2.25. The Morgan fingerprint density at radius 1 is 1.22 bits per heavy atom. The first-order valence-electron chi connectivity index (χ1n) is 10.2. The van der Waals surface area contributed by atoms with Crippen molar-refractivity contribution >= 4 is 22.8 Å². The first kappa shape index (κ1) is 21.9. The predicted octanol–water partition coefficient (Wildman–Crippen LogP) is 4.05. The molecule has 9 nitrogen and oxygen atoms in total. The molecule has 0 amide bonds. The van der Waals surface area contributed by atoms with Gasteiger partial charge in [-0.2, -0.15) is 4.98 Å². The summed E-state index contributed by atoms with van der Waals surface area (Å²) in [5.41, 5.74) is 2.68. The van der Waals surface area contributed by atoms with Crippen LogP contribution in [-0.4, -0.2) is 38.9 Å². The van der Waals surface area contributed by atoms with Crippen molar-refractivity contribution in [1.82, 2.24) is 24.7 Å². The van der Waals surface area contributed by atoms with E-state index in [1.807, 2.05) is 25.1 Å². The van der Waals surface area contributed by atoms with Crippen LogP contribution in [-0.2, 0) is 12.3 Å². The van der Waals surface area contributed by atoms with Crippen molar-refractivity contribution in [3.8, 4) is 22.9 Å². The fourth-order valence-electron chi connectivity index (χ4n) is 3.46. The molecule has 1 N–H and O–H groups in total. The van der Waals surface area contributed by atoms with Gasteiger partial charge in [-0.15, -0.1) is 0 Å². The summed E-state index contributed by atoms with van der Waals surface area (Å²) in [5.74, 6) is 2.61. The topological polar surface area (TPSA) is 108 Å². The van der Waals surface area contributed by atoms with Crippen LogP contribution in [0.2, 0.25) is 0 Å². The molecule has 32 heavy (non-hydrogen) atoms. The van der Waals surface area contributed by atoms with Gasteiger partial charge in [0.2, 0.25) is 11.7 Å². The summed E-state index contributed by atoms with van der Waals surface area (Å²) >= 11 is 1.39. The number of aromatic amines is 1. The van der Waals surface area contributed by atoms with Gasteiger partial charge in [-0.05, 0) is 31.0 Å². The van der Waals surface area contributed by atoms with E-state index in [4.69, 9.17) is 19.0 Å². The highest BCUT2D eigenvalue weighted by Crippen LogP contribution is 2.36. The van der Waals surface area contributed by atoms with Gasteiger partial charge in [0, 0.05) is 12.2 Å². The number of rotatable bonds is 8. The van der Waals surface area contributed by atoms with E-state index in [0.29, 0.717) is 57.3 Å². The average Bonchev–Trinajstić information content (AvgIpc) is 3.39. The highest BCUT2D eigenvalue weighted by molar-refractivity contribution is 7.98. The molecule has 0 fully saturated rings. The third kappa shape index (κ3) is 4.22. The van der Waals surface area contributed by atoms with Crippen LogP contribution in [0.15, 0.2) is 38.7 Å². The molecule has 1 aromatic carbocycles. The van der Waals surface area contributed by atoms with Crippen molar-refractivity contribution in [3.05, 3.63) is 46.2 Å². The van der Waals surface area contributed by atoms with E-state index in [0.717, 1.165) is 5.69 Å². The number of hydrogen-bond donors (Lipinski definition) is 1. The molecule has 0 radical (unpaired) electrons. The smallest absolute Gasteiger partial charge is 0.278 e. The second-order valence-electron chi connectivity index (χ2n) is 7.76. The Bertz CT molecular complexity index is 1310. The van der Waals surface area contributed by atoms with Gasteiger partial charge in [-0.3, -0.25) is 9.36 Å². The van der Waals surface area contributed by atoms with Gasteiger partial charge in [-0.25, -0.2) is 4.98 Å². The average molecular weight is 456 g/mol. The molecule has 0 saturated heterocycles. The molecule has 0 saturated carbocycles. The van der Waals surface area contributed by atoms with Crippen molar-refractivity contribution in [1.29, 1.82) is 0 Å². The number of para-hydroxylation sites is 1. The Hall–Kier alpha value is -3.27. The molecule has 4 aromatic rings. The van der Waals surface area contributed by atoms with E-state index >= 15 is 0 Å². The Morgan fingerprint density at radius 2 is 2.03 bits per heavy atom. The maximum Gasteiger partial charge on any atom is 0.278 e. The van der Waals surface area contributed by atoms with Gasteiger partial charge >= 0.3 is 0 Å². The lowest BCUT2D eigenvalue weighted by Gasteiger charge is -2.13. The van der Waals surface area contributed by atoms with Crippen molar-refractivity contribution in [3.63, 3.8) is 0 Å². The summed E-state index contributed by atoms with van der Waals surface area (Å²) in [6, 6.07) is 7.36. The van der Waals surface area contributed by atoms with E-state index in [1.54, 1.807) is 24.9 Å². The van der Waals surface area contributed by atoms with E-state index in [1.165, 1.54) is 11.8 Å². The number of aryl methyl sites for hydroxylation is 1. The van der Waals surface area contributed by atoms with Crippen LogP contribution < -0.4 is 15.0 Å². The molecular formula is C22H25N5O4S. The number of benzene rings is 1. The van der Waals surface area contributed by atoms with Gasteiger partial charge in [0.1, 0.15) is 5.52 Å². The normalized spacial score (nSPS) is 11.4. The number of nitrogens with zero attached hydrogens (tertiary/aromatic N) is 4. The van der Waals surface area contributed by atoms with E-state index in [2.05, 4.69) is 29.0 Å². The third-order valence-electron chi connectivity index (χ3n) is 4.82. The molecule has 3 aromatic heterocycles. The van der Waals surface area contributed by atoms with Crippen LogP contribution in [0.1, 0.15) is 25.4 Å². The van der Waals surface area contributed by atoms with Crippen LogP contribution in [0.5, 0.6) is 11.5 Å². The fourth-order valence-corrected chi connectivity index (χ4v) is 4.31. The number of thioether (sulfide) groups is 1. The summed E-state index contributed by atoms with van der Waals surface area (Å²) in [7, 11) is 3.14. The van der Waals surface area contributed by atoms with Gasteiger partial charge in [0.15, 0.2) is 16.7 Å². The molecule has 0 aliphatic rings. The largest absolute Gasteiger partial charge is 0.493 e. The minimum Gasteiger partial charge on any atom is -0.493 e. The zero-order chi connectivity index (χ0) is 22.8. The first-order valence-corrected chi connectivity index (χ1v) is 11.2. The number of hydrogen-bond acceptors (Lipinski definition) is 8. The van der Waals surface area contributed by atoms with Crippen LogP contribution in [0, 0.1) is 12.8 Å². The lowest BCUT2D eigenvalue weighted by atomic mass is 10.2. The highest BCUT2D eigenvalue weighted by atomic mass is 32.2. The SMILES string of the molecule is COc1cccc(-c2noc(CSc3nc4cc(C)[nH]c4c(=O)n3CC(C)C)n2)c1OC. The van der Waals surface area contributed by atoms with Gasteiger partial charge in [-0.1, -0.05) is 36.8 Å². The number of aromatic nitrogens is 5. The standard InChI is InChI=1S/C22H25N5O4S/c1-12(2)10-27-21(28)18-15(9-13(3)23-18)24-22(27)32-11-17-25-20(26-31-17)14-7-6-8-16(29-4)19(14)30-5/h6-9,12,23H,10-11H2,1-5H3. The quantitative estimate of drug-likeness (QED) is 0.313. The van der Waals surface area contributed by atoms with Gasteiger partial charge < -0.3 is 19.0 Å². The maximum atomic E-state index is 13.0. The molecule has 0 atom stereocenters. The number of fused-ring (bicyclic) bond motifs is 1. The van der Waals surface area contributed by atoms with E-state index in [-0.39, 0.29) is 11.5 Å². The second kappa shape index (κ2) is 9.07. The maximum absolute atomic E-state index is 13.0. The summed E-state index contributed by atoms with van der Waals surface area (Å²) in [5, 5.41) is 4.71. The molecule has 0 aliphatic carbocycles. The van der Waals surface area contributed by atoms with Gasteiger partial charge in [0.05, 0.1) is 31.1 Å². The zero-order valence-electron chi connectivity index (χ0n) is 18.6. The van der Waals surface area contributed by atoms with Crippen molar-refractivity contribution < 1.29 is 14.0 Å². The highest BCUT2D eigenvalue weighted by Gasteiger charge is 2.19. The van der Waals surface area contributed by atoms with E-state index < -0.39 is 0 Å². The lowest BCUT2D eigenvalue weighted by molar-refractivity contribution is 0.355. The van der Waals surface area contributed by atoms with Crippen molar-refractivity contribution in [2.45, 2.75) is 38.2 Å². The van der Waals surface area contributed by atoms with Gasteiger partial charge in [0.25, 0.3) is 5.56 Å². The Balaban J connectivity index is 1.63. The third-order valence-corrected chi connectivity index (χ3v) is 5.78. The fraction of sp³-hybridized carbons (Fsp3) is 0.364. The molecule has 3 heterocycles. The number of H-pyrrole nitrogens is 1. The van der Waals surface area contributed by atoms with Crippen molar-refractivity contribution in [2.24, 2.45) is 5.92 Å². The summed E-state index contributed by atoms with van der Waals surface area (Å²) in [6.45, 7) is 6.61. The second-order valence-corrected chi connectivity index (χ2v) is 8.70. The predicted molar refractivity (Wildman–Crippen MR) is 122 cm³/mol. The number of methoxy groups -OCH3 is 2. The minimum absolute atomic E-state index is 0.0772. The Morgan fingerprint density at radius 3 is 2.75 bits per heavy atom. The zero-order valence-corrected chi connectivity index (χ0v) is 19.4. The molecule has 0 aliphatic heterocycles. The van der Waals surface area contributed by atoms with Crippen LogP contribution >= 0.6 is 11.8 Å². The monoisotopic (exact) mass is 455 g/mol. The van der Waals surface area contributed by atoms with Crippen LogP contribution in [0.25, 0.3) is 22.4 Å². The molecule has 4 rings (SSSR count). The Kier molecular flexibility index (Phi) is 6.22. The molecule has 10 heteroatoms. The molecule has 0 unspecified atom stereocenters. The summed E-state index contributed by atoms with van der Waals surface area (Å²) < 4.78 is 18.0. The van der Waals surface area contributed by atoms with Crippen molar-refractivity contribution in [2.75, 3.05) is 14.2 Å². The van der Waals surface area contributed by atoms with E-state index in [9.17, 15) is 4.79 Å². The number of nitrogens with one attached hydrogen (secondary N) is 1. The molecule has 168 valence electrons. The summed E-state index contributed by atoms with van der Waals surface area (Å²) in [4.78, 5) is 25.4. The number of ether oxygens (including phenoxy) is 2. The molecular weight excluding hydrogens is 430 g/mol. The van der Waals surface area contributed by atoms with Crippen LogP contribution in [0.3, 0.4) is 0 Å². The minimum atomic E-state index is -0.0772. The molecule has 0 bridgehead atoms. The molecule has 0 spiro atoms. The summed E-state index contributed by atoms with van der Waals surface area (Å²) in [6.07, 6.45) is 0. The first-order chi connectivity index (χ1) is 15.4.